The Morgan fingerprint density at radius 2 is 2.06 bits per heavy atom. The number of anilines is 1. The van der Waals surface area contributed by atoms with Crippen molar-refractivity contribution in [3.63, 3.8) is 0 Å². The van der Waals surface area contributed by atoms with Crippen molar-refractivity contribution in [1.29, 1.82) is 0 Å². The van der Waals surface area contributed by atoms with Crippen molar-refractivity contribution in [2.24, 2.45) is 0 Å². The maximum absolute atomic E-state index is 12.1. The molecule has 100 valence electrons. The number of hydrogen-bond acceptors (Lipinski definition) is 5. The van der Waals surface area contributed by atoms with Crippen LogP contribution in [0.15, 0.2) is 4.42 Å². The van der Waals surface area contributed by atoms with Crippen LogP contribution in [-0.4, -0.2) is 46.7 Å². The zero-order valence-corrected chi connectivity index (χ0v) is 11.7. The van der Waals surface area contributed by atoms with Gasteiger partial charge in [0.1, 0.15) is 10.9 Å². The number of halogens is 1. The summed E-state index contributed by atoms with van der Waals surface area (Å²) < 4.78 is 5.50. The lowest BCUT2D eigenvalue weighted by Gasteiger charge is -2.43. The van der Waals surface area contributed by atoms with Gasteiger partial charge in [0.2, 0.25) is 11.8 Å². The molecule has 0 saturated carbocycles. The molecule has 1 saturated heterocycles. The van der Waals surface area contributed by atoms with Gasteiger partial charge in [0.25, 0.3) is 0 Å². The van der Waals surface area contributed by atoms with Gasteiger partial charge in [-0.3, -0.25) is 4.79 Å². The molecule has 18 heavy (non-hydrogen) atoms. The van der Waals surface area contributed by atoms with Gasteiger partial charge in [-0.05, 0) is 20.8 Å². The van der Waals surface area contributed by atoms with E-state index >= 15 is 0 Å². The molecule has 0 radical (unpaired) electrons. The molecule has 1 amide bonds. The van der Waals surface area contributed by atoms with Gasteiger partial charge in [-0.25, -0.2) is 0 Å². The average Bonchev–Trinajstić information content (AvgIpc) is 2.75. The molecule has 0 aromatic carbocycles. The van der Waals surface area contributed by atoms with E-state index in [-0.39, 0.29) is 11.3 Å². The molecular weight excluding hydrogens is 256 g/mol. The van der Waals surface area contributed by atoms with Gasteiger partial charge in [-0.15, -0.1) is 16.7 Å². The van der Waals surface area contributed by atoms with Crippen molar-refractivity contribution in [2.45, 2.75) is 31.7 Å². The van der Waals surface area contributed by atoms with Crippen LogP contribution in [-0.2, 0) is 4.79 Å². The van der Waals surface area contributed by atoms with Crippen LogP contribution in [0.2, 0.25) is 0 Å². The Bertz CT molecular complexity index is 458. The topological polar surface area (TPSA) is 62.5 Å². The molecule has 0 aliphatic carbocycles. The minimum atomic E-state index is -0.688. The SMILES string of the molecule is CC(Cl)c1nnc(N2CCN(C)C(=O)C2(C)C)o1. The number of aromatic nitrogens is 2. The summed E-state index contributed by atoms with van der Waals surface area (Å²) in [4.78, 5) is 15.7. The Labute approximate surface area is 111 Å². The highest BCUT2D eigenvalue weighted by Gasteiger charge is 2.42. The normalized spacial score (nSPS) is 21.3. The molecule has 1 aromatic rings. The van der Waals surface area contributed by atoms with Crippen molar-refractivity contribution < 1.29 is 9.21 Å². The van der Waals surface area contributed by atoms with Gasteiger partial charge < -0.3 is 14.2 Å². The second kappa shape index (κ2) is 4.42. The van der Waals surface area contributed by atoms with E-state index in [2.05, 4.69) is 10.2 Å². The van der Waals surface area contributed by atoms with Crippen LogP contribution in [0.4, 0.5) is 6.01 Å². The highest BCUT2D eigenvalue weighted by atomic mass is 35.5. The third kappa shape index (κ3) is 2.05. The number of carbonyl (C=O) groups is 1. The van der Waals surface area contributed by atoms with E-state index in [0.29, 0.717) is 25.0 Å². The maximum atomic E-state index is 12.1. The maximum Gasteiger partial charge on any atom is 0.319 e. The smallest absolute Gasteiger partial charge is 0.319 e. The molecule has 1 aliphatic rings. The van der Waals surface area contributed by atoms with Crippen LogP contribution in [0.1, 0.15) is 32.0 Å². The molecule has 2 rings (SSSR count). The summed E-state index contributed by atoms with van der Waals surface area (Å²) in [5.41, 5.74) is -0.688. The van der Waals surface area contributed by atoms with Gasteiger partial charge in [0.15, 0.2) is 0 Å². The van der Waals surface area contributed by atoms with Crippen molar-refractivity contribution in [3.05, 3.63) is 5.89 Å². The minimum absolute atomic E-state index is 0.0346. The van der Waals surface area contributed by atoms with Gasteiger partial charge in [0, 0.05) is 20.1 Å². The number of nitrogens with zero attached hydrogens (tertiary/aromatic N) is 4. The van der Waals surface area contributed by atoms with E-state index in [4.69, 9.17) is 16.0 Å². The first kappa shape index (κ1) is 13.1. The first-order valence-electron chi connectivity index (χ1n) is 5.84. The third-order valence-electron chi connectivity index (χ3n) is 3.21. The zero-order valence-electron chi connectivity index (χ0n) is 11.0. The Morgan fingerprint density at radius 1 is 1.39 bits per heavy atom. The predicted octanol–water partition coefficient (Wildman–Crippen LogP) is 1.43. The Kier molecular flexibility index (Phi) is 3.23. The van der Waals surface area contributed by atoms with Crippen LogP contribution < -0.4 is 4.90 Å². The molecule has 0 N–H and O–H groups in total. The summed E-state index contributed by atoms with van der Waals surface area (Å²) in [6.45, 7) is 6.75. The number of amides is 1. The lowest BCUT2D eigenvalue weighted by Crippen LogP contribution is -2.62. The Balaban J connectivity index is 2.29. The zero-order chi connectivity index (χ0) is 13.5. The van der Waals surface area contributed by atoms with Gasteiger partial charge >= 0.3 is 6.01 Å². The van der Waals surface area contributed by atoms with Crippen molar-refractivity contribution in [1.82, 2.24) is 15.1 Å². The molecule has 6 nitrogen and oxygen atoms in total. The molecule has 7 heteroatoms. The highest BCUT2D eigenvalue weighted by molar-refractivity contribution is 6.20. The third-order valence-corrected chi connectivity index (χ3v) is 3.39. The number of likely N-dealkylation sites (N-methyl/N-ethyl adjacent to an activating group) is 1. The van der Waals surface area contributed by atoms with Gasteiger partial charge in [0.05, 0.1) is 0 Å². The van der Waals surface area contributed by atoms with Crippen LogP contribution in [0, 0.1) is 0 Å². The number of piperazine rings is 1. The summed E-state index contributed by atoms with van der Waals surface area (Å²) in [6, 6.07) is 0.351. The molecule has 0 spiro atoms. The standard InChI is InChI=1S/C11H17ClN4O2/c1-7(12)8-13-14-10(18-8)16-6-5-15(4)9(17)11(16,2)3/h7H,5-6H2,1-4H3. The number of alkyl halides is 1. The minimum Gasteiger partial charge on any atom is -0.406 e. The molecule has 1 aliphatic heterocycles. The molecule has 2 heterocycles. The first-order chi connectivity index (χ1) is 8.34. The van der Waals surface area contributed by atoms with E-state index in [0.717, 1.165) is 0 Å². The van der Waals surface area contributed by atoms with Gasteiger partial charge in [-0.1, -0.05) is 5.10 Å². The Morgan fingerprint density at radius 3 is 2.61 bits per heavy atom. The van der Waals surface area contributed by atoms with Crippen LogP contribution in [0.5, 0.6) is 0 Å². The van der Waals surface area contributed by atoms with E-state index < -0.39 is 5.54 Å². The van der Waals surface area contributed by atoms with Crippen molar-refractivity contribution in [2.75, 3.05) is 25.0 Å². The fraction of sp³-hybridized carbons (Fsp3) is 0.727. The molecular formula is C11H17ClN4O2. The van der Waals surface area contributed by atoms with Crippen molar-refractivity contribution in [3.8, 4) is 0 Å². The van der Waals surface area contributed by atoms with Crippen molar-refractivity contribution >= 4 is 23.5 Å². The summed E-state index contributed by atoms with van der Waals surface area (Å²) >= 11 is 5.89. The molecule has 1 atom stereocenters. The van der Waals surface area contributed by atoms with Crippen LogP contribution in [0.25, 0.3) is 0 Å². The quantitative estimate of drug-likeness (QED) is 0.762. The van der Waals surface area contributed by atoms with E-state index in [1.54, 1.807) is 18.9 Å². The average molecular weight is 273 g/mol. The van der Waals surface area contributed by atoms with E-state index in [1.807, 2.05) is 18.7 Å². The number of carbonyl (C=O) groups excluding carboxylic acids is 1. The lowest BCUT2D eigenvalue weighted by molar-refractivity contribution is -0.136. The molecule has 1 unspecified atom stereocenters. The Hall–Kier alpha value is -1.30. The molecule has 1 fully saturated rings. The second-order valence-electron chi connectivity index (χ2n) is 4.98. The van der Waals surface area contributed by atoms with Crippen LogP contribution >= 0.6 is 11.6 Å². The summed E-state index contributed by atoms with van der Waals surface area (Å²) in [5.74, 6) is 0.404. The monoisotopic (exact) mass is 272 g/mol. The predicted molar refractivity (Wildman–Crippen MR) is 67.6 cm³/mol. The lowest BCUT2D eigenvalue weighted by atomic mass is 9.98. The summed E-state index contributed by atoms with van der Waals surface area (Å²) in [5, 5.41) is 7.52. The number of hydrogen-bond donors (Lipinski definition) is 0. The summed E-state index contributed by atoms with van der Waals surface area (Å²) in [7, 11) is 1.79. The number of rotatable bonds is 2. The fourth-order valence-corrected chi connectivity index (χ4v) is 2.13. The fourth-order valence-electron chi connectivity index (χ4n) is 2.04. The molecule has 0 bridgehead atoms. The van der Waals surface area contributed by atoms with E-state index in [1.165, 1.54) is 0 Å². The first-order valence-corrected chi connectivity index (χ1v) is 6.28. The second-order valence-corrected chi connectivity index (χ2v) is 5.63. The molecule has 1 aromatic heterocycles. The summed E-state index contributed by atoms with van der Waals surface area (Å²) in [6.07, 6.45) is 0. The highest BCUT2D eigenvalue weighted by Crippen LogP contribution is 2.29. The van der Waals surface area contributed by atoms with Gasteiger partial charge in [-0.2, -0.15) is 0 Å². The largest absolute Gasteiger partial charge is 0.406 e. The van der Waals surface area contributed by atoms with E-state index in [9.17, 15) is 4.79 Å². The van der Waals surface area contributed by atoms with Crippen LogP contribution in [0.3, 0.4) is 0 Å².